The molecule has 132 valence electrons. The Morgan fingerprint density at radius 1 is 0.840 bits per heavy atom. The van der Waals surface area contributed by atoms with E-state index in [2.05, 4.69) is 94.2 Å². The average Bonchev–Trinajstić information content (AvgIpc) is 2.97. The lowest BCUT2D eigenvalue weighted by Crippen LogP contribution is -2.60. The van der Waals surface area contributed by atoms with Crippen molar-refractivity contribution in [3.8, 4) is 11.1 Å². The fourth-order valence-electron chi connectivity index (χ4n) is 6.16. The van der Waals surface area contributed by atoms with Gasteiger partial charge in [-0.2, -0.15) is 0 Å². The van der Waals surface area contributed by atoms with Crippen molar-refractivity contribution < 1.29 is 0 Å². The van der Waals surface area contributed by atoms with Gasteiger partial charge in [0.15, 0.2) is 0 Å². The summed E-state index contributed by atoms with van der Waals surface area (Å²) in [5.74, 6) is 0. The van der Waals surface area contributed by atoms with Crippen LogP contribution in [0.25, 0.3) is 11.1 Å². The second-order valence-corrected chi connectivity index (χ2v) is 9.28. The van der Waals surface area contributed by atoms with Crippen molar-refractivity contribution in [2.24, 2.45) is 10.8 Å². The van der Waals surface area contributed by atoms with Gasteiger partial charge in [0.1, 0.15) is 0 Å². The Morgan fingerprint density at radius 3 is 1.88 bits per heavy atom. The zero-order valence-corrected chi connectivity index (χ0v) is 18.3. The van der Waals surface area contributed by atoms with Crippen LogP contribution >= 0.6 is 31.9 Å². The zero-order valence-electron chi connectivity index (χ0n) is 15.1. The van der Waals surface area contributed by atoms with Gasteiger partial charge in [-0.25, -0.2) is 0 Å². The van der Waals surface area contributed by atoms with E-state index in [4.69, 9.17) is 0 Å². The normalized spacial score (nSPS) is 29.4. The summed E-state index contributed by atoms with van der Waals surface area (Å²) in [4.78, 5) is 0. The Balaban J connectivity index is 2.18. The molecule has 2 aromatic rings. The molecule has 1 unspecified atom stereocenters. The maximum absolute atomic E-state index is 3.98. The number of benzene rings is 2. The fraction of sp³-hybridized carbons (Fsp3) is 0.478. The Kier molecular flexibility index (Phi) is 4.44. The minimum atomic E-state index is 0.0627. The molecule has 0 radical (unpaired) electrons. The number of halogens is 2. The second kappa shape index (κ2) is 6.23. The van der Waals surface area contributed by atoms with Gasteiger partial charge in [-0.15, -0.1) is 0 Å². The van der Waals surface area contributed by atoms with Crippen LogP contribution in [0.2, 0.25) is 0 Å². The number of fused-ring (bicyclic) bond motifs is 5. The summed E-state index contributed by atoms with van der Waals surface area (Å²) < 4.78 is 0. The fourth-order valence-corrected chi connectivity index (χ4v) is 7.96. The monoisotopic (exact) mass is 460 g/mol. The minimum absolute atomic E-state index is 0.0627. The lowest BCUT2D eigenvalue weighted by atomic mass is 9.43. The predicted octanol–water partition coefficient (Wildman–Crippen LogP) is 7.33. The SMILES string of the molecule is CCC1(CBr)CCC[C@@](C)(CBr)C12c1ccccc1-c1ccccc12. The van der Waals surface area contributed by atoms with Crippen LogP contribution in [0.15, 0.2) is 48.5 Å². The number of hydrogen-bond donors (Lipinski definition) is 0. The molecule has 0 amide bonds. The lowest BCUT2D eigenvalue weighted by Gasteiger charge is -2.62. The predicted molar refractivity (Wildman–Crippen MR) is 115 cm³/mol. The van der Waals surface area contributed by atoms with Crippen LogP contribution in [0.3, 0.4) is 0 Å². The van der Waals surface area contributed by atoms with Gasteiger partial charge in [-0.05, 0) is 52.3 Å². The molecular weight excluding hydrogens is 436 g/mol. The lowest BCUT2D eigenvalue weighted by molar-refractivity contribution is 0.00118. The van der Waals surface area contributed by atoms with E-state index in [-0.39, 0.29) is 16.2 Å². The largest absolute Gasteiger partial charge is 0.0922 e. The van der Waals surface area contributed by atoms with E-state index in [0.717, 1.165) is 10.7 Å². The molecule has 4 rings (SSSR count). The third-order valence-corrected chi connectivity index (χ3v) is 9.58. The quantitative estimate of drug-likeness (QED) is 0.419. The Morgan fingerprint density at radius 2 is 1.40 bits per heavy atom. The molecule has 0 nitrogen and oxygen atoms in total. The molecule has 2 atom stereocenters. The van der Waals surface area contributed by atoms with Crippen molar-refractivity contribution in [3.63, 3.8) is 0 Å². The molecule has 2 aliphatic carbocycles. The molecule has 0 bridgehead atoms. The van der Waals surface area contributed by atoms with Crippen LogP contribution in [0.5, 0.6) is 0 Å². The molecular formula is C23H26Br2. The smallest absolute Gasteiger partial charge is 0.0340 e. The molecule has 1 fully saturated rings. The van der Waals surface area contributed by atoms with Crippen LogP contribution in [0.1, 0.15) is 50.7 Å². The summed E-state index contributed by atoms with van der Waals surface area (Å²) in [7, 11) is 0. The zero-order chi connectivity index (χ0) is 17.7. The molecule has 0 heterocycles. The molecule has 2 aliphatic rings. The standard InChI is InChI=1S/C23H26Br2/c1-3-22(16-25)14-8-13-21(2,15-24)23(22)19-11-6-4-9-17(19)18-10-5-7-12-20(18)23/h4-7,9-12H,3,8,13-16H2,1-2H3/t21-,22?/m0/s1. The summed E-state index contributed by atoms with van der Waals surface area (Å²) in [6.45, 7) is 4.92. The van der Waals surface area contributed by atoms with E-state index in [1.807, 2.05) is 0 Å². The first-order valence-corrected chi connectivity index (χ1v) is 11.7. The van der Waals surface area contributed by atoms with Crippen molar-refractivity contribution in [2.45, 2.75) is 44.9 Å². The average molecular weight is 462 g/mol. The van der Waals surface area contributed by atoms with Gasteiger partial charge < -0.3 is 0 Å². The van der Waals surface area contributed by atoms with Crippen molar-refractivity contribution in [1.82, 2.24) is 0 Å². The van der Waals surface area contributed by atoms with Crippen LogP contribution < -0.4 is 0 Å². The van der Waals surface area contributed by atoms with Gasteiger partial charge in [0.05, 0.1) is 0 Å². The van der Waals surface area contributed by atoms with Gasteiger partial charge in [-0.1, -0.05) is 101 Å². The summed E-state index contributed by atoms with van der Waals surface area (Å²) in [6, 6.07) is 18.4. The number of hydrogen-bond acceptors (Lipinski definition) is 0. The van der Waals surface area contributed by atoms with Crippen molar-refractivity contribution in [3.05, 3.63) is 59.7 Å². The summed E-state index contributed by atoms with van der Waals surface area (Å²) >= 11 is 7.93. The molecule has 1 spiro atoms. The van der Waals surface area contributed by atoms with Crippen molar-refractivity contribution in [2.75, 3.05) is 10.7 Å². The van der Waals surface area contributed by atoms with Gasteiger partial charge in [0, 0.05) is 16.1 Å². The van der Waals surface area contributed by atoms with E-state index in [1.165, 1.54) is 36.8 Å². The Hall–Kier alpha value is -0.600. The molecule has 0 N–H and O–H groups in total. The van der Waals surface area contributed by atoms with E-state index < -0.39 is 0 Å². The summed E-state index contributed by atoms with van der Waals surface area (Å²) in [6.07, 6.45) is 5.08. The van der Waals surface area contributed by atoms with Crippen LogP contribution in [-0.2, 0) is 5.41 Å². The highest BCUT2D eigenvalue weighted by Gasteiger charge is 2.65. The second-order valence-electron chi connectivity index (χ2n) is 8.16. The highest BCUT2D eigenvalue weighted by Crippen LogP contribution is 2.71. The molecule has 0 aromatic heterocycles. The van der Waals surface area contributed by atoms with Crippen LogP contribution in [0, 0.1) is 10.8 Å². The van der Waals surface area contributed by atoms with Crippen molar-refractivity contribution >= 4 is 31.9 Å². The van der Waals surface area contributed by atoms with Gasteiger partial charge >= 0.3 is 0 Å². The first kappa shape index (κ1) is 17.8. The van der Waals surface area contributed by atoms with E-state index in [9.17, 15) is 0 Å². The number of alkyl halides is 2. The van der Waals surface area contributed by atoms with Crippen LogP contribution in [-0.4, -0.2) is 10.7 Å². The summed E-state index contributed by atoms with van der Waals surface area (Å²) in [5.41, 5.74) is 6.52. The maximum Gasteiger partial charge on any atom is 0.0340 e. The van der Waals surface area contributed by atoms with Gasteiger partial charge in [0.25, 0.3) is 0 Å². The van der Waals surface area contributed by atoms with Crippen molar-refractivity contribution in [1.29, 1.82) is 0 Å². The highest BCUT2D eigenvalue weighted by atomic mass is 79.9. The van der Waals surface area contributed by atoms with Crippen LogP contribution in [0.4, 0.5) is 0 Å². The number of rotatable bonds is 3. The molecule has 2 heteroatoms. The van der Waals surface area contributed by atoms with E-state index >= 15 is 0 Å². The molecule has 0 aliphatic heterocycles. The maximum atomic E-state index is 3.98. The Labute approximate surface area is 168 Å². The molecule has 2 aromatic carbocycles. The molecule has 1 saturated carbocycles. The Bertz CT molecular complexity index is 745. The molecule has 0 saturated heterocycles. The first-order chi connectivity index (χ1) is 12.1. The third kappa shape index (κ3) is 2.04. The van der Waals surface area contributed by atoms with Gasteiger partial charge in [-0.3, -0.25) is 0 Å². The van der Waals surface area contributed by atoms with Gasteiger partial charge in [0.2, 0.25) is 0 Å². The summed E-state index contributed by atoms with van der Waals surface area (Å²) in [5, 5.41) is 2.10. The topological polar surface area (TPSA) is 0 Å². The van der Waals surface area contributed by atoms with E-state index in [1.54, 1.807) is 11.1 Å². The highest BCUT2D eigenvalue weighted by molar-refractivity contribution is 9.09. The van der Waals surface area contributed by atoms with E-state index in [0.29, 0.717) is 0 Å². The third-order valence-electron chi connectivity index (χ3n) is 7.26. The minimum Gasteiger partial charge on any atom is -0.0922 e. The first-order valence-electron chi connectivity index (χ1n) is 9.41. The molecule has 25 heavy (non-hydrogen) atoms.